The van der Waals surface area contributed by atoms with Crippen LogP contribution in [0.4, 0.5) is 0 Å². The van der Waals surface area contributed by atoms with Gasteiger partial charge in [-0.05, 0) is 56.1 Å². The summed E-state index contributed by atoms with van der Waals surface area (Å²) in [5.41, 5.74) is 10.2. The Hall–Kier alpha value is -0.860. The lowest BCUT2D eigenvalue weighted by Crippen LogP contribution is -2.32. The molecule has 0 amide bonds. The maximum atomic E-state index is 5.98. The third-order valence-electron chi connectivity index (χ3n) is 4.12. The summed E-state index contributed by atoms with van der Waals surface area (Å²) in [4.78, 5) is 2.31. The van der Waals surface area contributed by atoms with Gasteiger partial charge in [-0.3, -0.25) is 0 Å². The fraction of sp³-hybridized carbons (Fsp3) is 0.647. The lowest BCUT2D eigenvalue weighted by atomic mass is 9.85. The highest BCUT2D eigenvalue weighted by Crippen LogP contribution is 2.32. The van der Waals surface area contributed by atoms with E-state index >= 15 is 0 Å². The van der Waals surface area contributed by atoms with Gasteiger partial charge in [0.1, 0.15) is 0 Å². The summed E-state index contributed by atoms with van der Waals surface area (Å²) < 4.78 is 0. The molecule has 1 rings (SSSR count). The summed E-state index contributed by atoms with van der Waals surface area (Å²) in [6, 6.07) is 7.29. The van der Waals surface area contributed by atoms with Gasteiger partial charge < -0.3 is 10.6 Å². The van der Waals surface area contributed by atoms with Crippen molar-refractivity contribution in [2.24, 2.45) is 11.7 Å². The molecule has 0 aliphatic rings. The van der Waals surface area contributed by atoms with Crippen LogP contribution in [-0.2, 0) is 0 Å². The molecule has 0 bridgehead atoms. The fourth-order valence-electron chi connectivity index (χ4n) is 2.81. The van der Waals surface area contributed by atoms with Gasteiger partial charge in [0.05, 0.1) is 0 Å². The zero-order chi connectivity index (χ0) is 14.6. The highest BCUT2D eigenvalue weighted by atomic mass is 15.1. The number of rotatable bonds is 6. The average Bonchev–Trinajstić information content (AvgIpc) is 2.36. The van der Waals surface area contributed by atoms with Gasteiger partial charge in [-0.2, -0.15) is 0 Å². The lowest BCUT2D eigenvalue weighted by molar-refractivity contribution is 0.210. The molecule has 0 spiro atoms. The van der Waals surface area contributed by atoms with E-state index in [1.165, 1.54) is 16.7 Å². The van der Waals surface area contributed by atoms with Crippen LogP contribution in [0.2, 0.25) is 0 Å². The summed E-state index contributed by atoms with van der Waals surface area (Å²) in [6.45, 7) is 9.68. The second-order valence-electron chi connectivity index (χ2n) is 6.08. The van der Waals surface area contributed by atoms with Gasteiger partial charge in [-0.15, -0.1) is 0 Å². The summed E-state index contributed by atoms with van der Waals surface area (Å²) in [5.74, 6) is 1.08. The Morgan fingerprint density at radius 2 is 1.84 bits per heavy atom. The maximum absolute atomic E-state index is 5.98. The largest absolute Gasteiger partial charge is 0.330 e. The molecular formula is C17H30N2. The monoisotopic (exact) mass is 262 g/mol. The first-order valence-electron chi connectivity index (χ1n) is 7.39. The number of aryl methyl sites for hydroxylation is 1. The summed E-state index contributed by atoms with van der Waals surface area (Å²) in [5, 5.41) is 0. The van der Waals surface area contributed by atoms with Crippen LogP contribution in [0.5, 0.6) is 0 Å². The van der Waals surface area contributed by atoms with E-state index in [4.69, 9.17) is 5.73 Å². The Kier molecular flexibility index (Phi) is 6.02. The van der Waals surface area contributed by atoms with Crippen molar-refractivity contribution >= 4 is 0 Å². The van der Waals surface area contributed by atoms with Gasteiger partial charge >= 0.3 is 0 Å². The number of hydrogen-bond acceptors (Lipinski definition) is 2. The molecule has 0 heterocycles. The third-order valence-corrected chi connectivity index (χ3v) is 4.12. The van der Waals surface area contributed by atoms with E-state index in [2.05, 4.69) is 64.9 Å². The van der Waals surface area contributed by atoms with Crippen molar-refractivity contribution in [1.82, 2.24) is 4.90 Å². The SMILES string of the molecule is CCC(CN)C(c1cc(C(C)C)ccc1C)N(C)C. The molecule has 108 valence electrons. The van der Waals surface area contributed by atoms with Gasteiger partial charge in [0, 0.05) is 6.04 Å². The quantitative estimate of drug-likeness (QED) is 0.847. The first-order chi connectivity index (χ1) is 8.92. The van der Waals surface area contributed by atoms with Crippen LogP contribution < -0.4 is 5.73 Å². The van der Waals surface area contributed by atoms with Crippen molar-refractivity contribution < 1.29 is 0 Å². The minimum atomic E-state index is 0.411. The molecule has 0 aliphatic heterocycles. The molecule has 1 aromatic carbocycles. The van der Waals surface area contributed by atoms with Gasteiger partial charge in [-0.1, -0.05) is 45.4 Å². The fourth-order valence-corrected chi connectivity index (χ4v) is 2.81. The van der Waals surface area contributed by atoms with Crippen LogP contribution in [0.25, 0.3) is 0 Å². The van der Waals surface area contributed by atoms with Gasteiger partial charge in [-0.25, -0.2) is 0 Å². The molecule has 2 N–H and O–H groups in total. The van der Waals surface area contributed by atoms with Crippen molar-refractivity contribution in [3.8, 4) is 0 Å². The van der Waals surface area contributed by atoms with E-state index in [-0.39, 0.29) is 0 Å². The second-order valence-corrected chi connectivity index (χ2v) is 6.08. The molecule has 0 aromatic heterocycles. The Morgan fingerprint density at radius 3 is 2.26 bits per heavy atom. The van der Waals surface area contributed by atoms with Crippen molar-refractivity contribution in [2.45, 2.75) is 46.1 Å². The van der Waals surface area contributed by atoms with E-state index in [0.717, 1.165) is 13.0 Å². The maximum Gasteiger partial charge on any atom is 0.0384 e. The predicted octanol–water partition coefficient (Wildman–Crippen LogP) is 3.71. The highest BCUT2D eigenvalue weighted by Gasteiger charge is 2.24. The zero-order valence-electron chi connectivity index (χ0n) is 13.4. The molecule has 2 atom stereocenters. The third kappa shape index (κ3) is 3.80. The van der Waals surface area contributed by atoms with Crippen LogP contribution in [0.3, 0.4) is 0 Å². The molecule has 2 unspecified atom stereocenters. The number of hydrogen-bond donors (Lipinski definition) is 1. The van der Waals surface area contributed by atoms with Crippen LogP contribution in [-0.4, -0.2) is 25.5 Å². The van der Waals surface area contributed by atoms with E-state index in [9.17, 15) is 0 Å². The summed E-state index contributed by atoms with van der Waals surface area (Å²) in [7, 11) is 4.31. The van der Waals surface area contributed by atoms with Crippen LogP contribution in [0.15, 0.2) is 18.2 Å². The molecule has 0 saturated heterocycles. The molecule has 0 radical (unpaired) electrons. The molecule has 0 fully saturated rings. The predicted molar refractivity (Wildman–Crippen MR) is 84.5 cm³/mol. The Balaban J connectivity index is 3.25. The highest BCUT2D eigenvalue weighted by molar-refractivity contribution is 5.35. The van der Waals surface area contributed by atoms with Gasteiger partial charge in [0.25, 0.3) is 0 Å². The first-order valence-corrected chi connectivity index (χ1v) is 7.39. The van der Waals surface area contributed by atoms with Crippen molar-refractivity contribution in [3.05, 3.63) is 34.9 Å². The minimum Gasteiger partial charge on any atom is -0.330 e. The smallest absolute Gasteiger partial charge is 0.0384 e. The minimum absolute atomic E-state index is 0.411. The van der Waals surface area contributed by atoms with Gasteiger partial charge in [0.15, 0.2) is 0 Å². The first kappa shape index (κ1) is 16.2. The van der Waals surface area contributed by atoms with E-state index in [1.54, 1.807) is 0 Å². The normalized spacial score (nSPS) is 15.0. The second kappa shape index (κ2) is 7.06. The van der Waals surface area contributed by atoms with Crippen molar-refractivity contribution in [3.63, 3.8) is 0 Å². The zero-order valence-corrected chi connectivity index (χ0v) is 13.4. The van der Waals surface area contributed by atoms with E-state index in [0.29, 0.717) is 17.9 Å². The molecule has 19 heavy (non-hydrogen) atoms. The molecule has 1 aromatic rings. The Morgan fingerprint density at radius 1 is 1.21 bits per heavy atom. The van der Waals surface area contributed by atoms with Crippen molar-refractivity contribution in [1.29, 1.82) is 0 Å². The topological polar surface area (TPSA) is 29.3 Å². The molecule has 2 heteroatoms. The van der Waals surface area contributed by atoms with Crippen LogP contribution >= 0.6 is 0 Å². The molecule has 0 aliphatic carbocycles. The molecule has 2 nitrogen and oxygen atoms in total. The van der Waals surface area contributed by atoms with Gasteiger partial charge in [0.2, 0.25) is 0 Å². The standard InChI is InChI=1S/C17H30N2/c1-7-14(11-18)17(19(5)6)16-10-15(12(2)3)9-8-13(16)4/h8-10,12,14,17H,7,11,18H2,1-6H3. The van der Waals surface area contributed by atoms with E-state index in [1.807, 2.05) is 0 Å². The lowest BCUT2D eigenvalue weighted by Gasteiger charge is -2.33. The Bertz CT molecular complexity index is 392. The summed E-state index contributed by atoms with van der Waals surface area (Å²) in [6.07, 6.45) is 1.12. The van der Waals surface area contributed by atoms with E-state index < -0.39 is 0 Å². The van der Waals surface area contributed by atoms with Crippen LogP contribution in [0.1, 0.15) is 55.8 Å². The number of nitrogens with zero attached hydrogens (tertiary/aromatic N) is 1. The molecular weight excluding hydrogens is 232 g/mol. The summed E-state index contributed by atoms with van der Waals surface area (Å²) >= 11 is 0. The Labute approximate surface area is 119 Å². The number of nitrogens with two attached hydrogens (primary N) is 1. The molecule has 0 saturated carbocycles. The van der Waals surface area contributed by atoms with Crippen LogP contribution in [0, 0.1) is 12.8 Å². The average molecular weight is 262 g/mol. The number of benzene rings is 1. The van der Waals surface area contributed by atoms with Crippen molar-refractivity contribution in [2.75, 3.05) is 20.6 Å².